The lowest BCUT2D eigenvalue weighted by molar-refractivity contribution is -0.127. The molecule has 0 atom stereocenters. The summed E-state index contributed by atoms with van der Waals surface area (Å²) in [7, 11) is 0. The molecule has 0 radical (unpaired) electrons. The van der Waals surface area contributed by atoms with Crippen LogP contribution in [0.25, 0.3) is 0 Å². The van der Waals surface area contributed by atoms with Crippen molar-refractivity contribution in [2.45, 2.75) is 58.8 Å². The van der Waals surface area contributed by atoms with Crippen molar-refractivity contribution >= 4 is 23.2 Å². The summed E-state index contributed by atoms with van der Waals surface area (Å²) in [6.45, 7) is 8.26. The molecule has 2 aliphatic rings. The van der Waals surface area contributed by atoms with Gasteiger partial charge in [0.1, 0.15) is 12.4 Å². The summed E-state index contributed by atoms with van der Waals surface area (Å²) in [4.78, 5) is 27.1. The van der Waals surface area contributed by atoms with Gasteiger partial charge >= 0.3 is 0 Å². The zero-order valence-electron chi connectivity index (χ0n) is 17.1. The number of carbonyl (C=O) groups excluding carboxylic acids is 2. The summed E-state index contributed by atoms with van der Waals surface area (Å²) in [6, 6.07) is 5.50. The van der Waals surface area contributed by atoms with E-state index in [-0.39, 0.29) is 11.8 Å². The average Bonchev–Trinajstić information content (AvgIpc) is 2.78. The Morgan fingerprint density at radius 3 is 2.79 bits per heavy atom. The Morgan fingerprint density at radius 1 is 1.32 bits per heavy atom. The smallest absolute Gasteiger partial charge is 0.236 e. The third kappa shape index (κ3) is 4.75. The van der Waals surface area contributed by atoms with Crippen LogP contribution in [0.3, 0.4) is 0 Å². The van der Waals surface area contributed by atoms with Crippen molar-refractivity contribution in [2.75, 3.05) is 23.4 Å². The second-order valence-corrected chi connectivity index (χ2v) is 8.65. The molecule has 3 rings (SSSR count). The minimum Gasteiger partial charge on any atom is -0.490 e. The maximum absolute atomic E-state index is 12.9. The van der Waals surface area contributed by atoms with E-state index < -0.39 is 5.41 Å². The molecule has 0 unspecified atom stereocenters. The second-order valence-electron chi connectivity index (χ2n) is 8.65. The van der Waals surface area contributed by atoms with Gasteiger partial charge in [0.15, 0.2) is 0 Å². The summed E-state index contributed by atoms with van der Waals surface area (Å²) in [6.07, 6.45) is 9.61. The van der Waals surface area contributed by atoms with Gasteiger partial charge in [-0.3, -0.25) is 9.59 Å². The normalized spacial score (nSPS) is 19.4. The van der Waals surface area contributed by atoms with Crippen molar-refractivity contribution in [2.24, 2.45) is 11.3 Å². The molecule has 1 saturated carbocycles. The van der Waals surface area contributed by atoms with Crippen LogP contribution in [0, 0.1) is 11.3 Å². The summed E-state index contributed by atoms with van der Waals surface area (Å²) in [5, 5.41) is 2.99. The van der Waals surface area contributed by atoms with Gasteiger partial charge in [0.05, 0.1) is 11.1 Å². The SMILES string of the molecule is C=CCN1C(=O)C(C)(C)COc2ccc(NC(=O)CCC3CCCCC3)cc21. The summed E-state index contributed by atoms with van der Waals surface area (Å²) >= 11 is 0. The molecule has 1 N–H and O–H groups in total. The number of hydrogen-bond acceptors (Lipinski definition) is 3. The van der Waals surface area contributed by atoms with E-state index >= 15 is 0 Å². The molecule has 5 nitrogen and oxygen atoms in total. The number of carbonyl (C=O) groups is 2. The first kappa shape index (κ1) is 20.4. The Labute approximate surface area is 168 Å². The van der Waals surface area contributed by atoms with E-state index in [2.05, 4.69) is 11.9 Å². The highest BCUT2D eigenvalue weighted by Crippen LogP contribution is 2.38. The fourth-order valence-corrected chi connectivity index (χ4v) is 4.07. The molecular weight excluding hydrogens is 352 g/mol. The van der Waals surface area contributed by atoms with Crippen molar-refractivity contribution in [3.05, 3.63) is 30.9 Å². The van der Waals surface area contributed by atoms with Gasteiger partial charge in [-0.25, -0.2) is 0 Å². The Hall–Kier alpha value is -2.30. The lowest BCUT2D eigenvalue weighted by atomic mass is 9.86. The summed E-state index contributed by atoms with van der Waals surface area (Å²) in [5.74, 6) is 1.36. The van der Waals surface area contributed by atoms with Gasteiger partial charge in [-0.05, 0) is 44.4 Å². The molecule has 0 saturated heterocycles. The number of nitrogens with zero attached hydrogens (tertiary/aromatic N) is 1. The molecule has 1 aromatic carbocycles. The standard InChI is InChI=1S/C23H32N2O3/c1-4-14-25-19-15-18(11-12-20(19)28-16-23(2,3)22(25)27)24-21(26)13-10-17-8-6-5-7-9-17/h4,11-12,15,17H,1,5-10,13-14,16H2,2-3H3,(H,24,26). The highest BCUT2D eigenvalue weighted by Gasteiger charge is 2.37. The van der Waals surface area contributed by atoms with Gasteiger partial charge in [0.25, 0.3) is 0 Å². The second kappa shape index (κ2) is 8.80. The van der Waals surface area contributed by atoms with Crippen molar-refractivity contribution in [3.8, 4) is 5.75 Å². The van der Waals surface area contributed by atoms with Crippen LogP contribution in [-0.4, -0.2) is 25.0 Å². The van der Waals surface area contributed by atoms with Gasteiger partial charge in [0.2, 0.25) is 11.8 Å². The molecule has 0 aromatic heterocycles. The van der Waals surface area contributed by atoms with Crippen LogP contribution in [0.4, 0.5) is 11.4 Å². The number of ether oxygens (including phenoxy) is 1. The number of fused-ring (bicyclic) bond motifs is 1. The minimum atomic E-state index is -0.620. The highest BCUT2D eigenvalue weighted by molar-refractivity contribution is 6.00. The average molecular weight is 385 g/mol. The molecule has 1 aromatic rings. The van der Waals surface area contributed by atoms with Gasteiger partial charge in [0, 0.05) is 18.7 Å². The lowest BCUT2D eigenvalue weighted by Gasteiger charge is -2.27. The molecule has 1 aliphatic carbocycles. The van der Waals surface area contributed by atoms with Crippen LogP contribution >= 0.6 is 0 Å². The largest absolute Gasteiger partial charge is 0.490 e. The van der Waals surface area contributed by atoms with Crippen LogP contribution in [0.5, 0.6) is 5.75 Å². The van der Waals surface area contributed by atoms with E-state index in [9.17, 15) is 9.59 Å². The maximum atomic E-state index is 12.9. The van der Waals surface area contributed by atoms with Crippen LogP contribution in [0.15, 0.2) is 30.9 Å². The van der Waals surface area contributed by atoms with Crippen molar-refractivity contribution in [3.63, 3.8) is 0 Å². The van der Waals surface area contributed by atoms with Crippen molar-refractivity contribution < 1.29 is 14.3 Å². The zero-order chi connectivity index (χ0) is 20.1. The molecule has 1 heterocycles. The van der Waals surface area contributed by atoms with Crippen molar-refractivity contribution in [1.82, 2.24) is 0 Å². The van der Waals surface area contributed by atoms with E-state index in [1.807, 2.05) is 32.0 Å². The Morgan fingerprint density at radius 2 is 2.07 bits per heavy atom. The van der Waals surface area contributed by atoms with E-state index in [0.717, 1.165) is 6.42 Å². The number of benzene rings is 1. The molecular formula is C23H32N2O3. The lowest BCUT2D eigenvalue weighted by Crippen LogP contribution is -2.42. The first-order valence-corrected chi connectivity index (χ1v) is 10.4. The molecule has 0 spiro atoms. The predicted octanol–water partition coefficient (Wildman–Crippen LogP) is 4.92. The fraction of sp³-hybridized carbons (Fsp3) is 0.565. The van der Waals surface area contributed by atoms with Crippen LogP contribution < -0.4 is 15.0 Å². The molecule has 0 bridgehead atoms. The molecule has 152 valence electrons. The number of hydrogen-bond donors (Lipinski definition) is 1. The predicted molar refractivity (Wildman–Crippen MR) is 113 cm³/mol. The van der Waals surface area contributed by atoms with E-state index in [0.29, 0.717) is 42.6 Å². The molecule has 1 fully saturated rings. The zero-order valence-corrected chi connectivity index (χ0v) is 17.1. The molecule has 28 heavy (non-hydrogen) atoms. The van der Waals surface area contributed by atoms with E-state index in [4.69, 9.17) is 4.74 Å². The number of nitrogens with one attached hydrogen (secondary N) is 1. The number of rotatable bonds is 6. The highest BCUT2D eigenvalue weighted by atomic mass is 16.5. The van der Waals surface area contributed by atoms with Gasteiger partial charge in [-0.2, -0.15) is 0 Å². The van der Waals surface area contributed by atoms with Gasteiger partial charge in [-0.1, -0.05) is 38.2 Å². The van der Waals surface area contributed by atoms with Crippen LogP contribution in [-0.2, 0) is 9.59 Å². The maximum Gasteiger partial charge on any atom is 0.236 e. The third-order valence-corrected chi connectivity index (χ3v) is 5.76. The fourth-order valence-electron chi connectivity index (χ4n) is 4.07. The topological polar surface area (TPSA) is 58.6 Å². The Kier molecular flexibility index (Phi) is 6.42. The quantitative estimate of drug-likeness (QED) is 0.708. The first-order chi connectivity index (χ1) is 13.4. The monoisotopic (exact) mass is 384 g/mol. The Bertz CT molecular complexity index is 735. The van der Waals surface area contributed by atoms with Gasteiger partial charge < -0.3 is 15.0 Å². The van der Waals surface area contributed by atoms with Crippen LogP contribution in [0.1, 0.15) is 58.8 Å². The van der Waals surface area contributed by atoms with E-state index in [1.54, 1.807) is 11.0 Å². The molecule has 2 amide bonds. The first-order valence-electron chi connectivity index (χ1n) is 10.4. The third-order valence-electron chi connectivity index (χ3n) is 5.76. The van der Waals surface area contributed by atoms with E-state index in [1.165, 1.54) is 32.1 Å². The number of anilines is 2. The summed E-state index contributed by atoms with van der Waals surface area (Å²) in [5.41, 5.74) is 0.754. The summed E-state index contributed by atoms with van der Waals surface area (Å²) < 4.78 is 5.89. The van der Waals surface area contributed by atoms with Crippen molar-refractivity contribution in [1.29, 1.82) is 0 Å². The molecule has 5 heteroatoms. The number of amides is 2. The minimum absolute atomic E-state index is 0.00748. The van der Waals surface area contributed by atoms with Gasteiger partial charge in [-0.15, -0.1) is 6.58 Å². The van der Waals surface area contributed by atoms with Crippen LogP contribution in [0.2, 0.25) is 0 Å². The molecule has 1 aliphatic heterocycles. The Balaban J connectivity index is 1.71.